The van der Waals surface area contributed by atoms with Gasteiger partial charge in [0.2, 0.25) is 0 Å². The number of hydrogen-bond donors (Lipinski definition) is 2. The third-order valence-electron chi connectivity index (χ3n) is 11.2. The molecule has 1 aromatic carbocycles. The highest BCUT2D eigenvalue weighted by atomic mass is 79.9. The van der Waals surface area contributed by atoms with Crippen LogP contribution in [-0.4, -0.2) is 16.8 Å². The highest BCUT2D eigenvalue weighted by Gasteiger charge is 2.66. The average molecular weight is 563 g/mol. The van der Waals surface area contributed by atoms with E-state index in [4.69, 9.17) is 5.73 Å². The molecule has 0 spiro atoms. The van der Waals surface area contributed by atoms with Crippen LogP contribution in [-0.2, 0) is 0 Å². The molecule has 4 aliphatic carbocycles. The average Bonchev–Trinajstić information content (AvgIpc) is 3.19. The molecule has 1 amide bonds. The van der Waals surface area contributed by atoms with Gasteiger partial charge in [-0.2, -0.15) is 0 Å². The highest BCUT2D eigenvalue weighted by Crippen LogP contribution is 2.69. The molecule has 0 bridgehead atoms. The molecule has 8 atom stereocenters. The Kier molecular flexibility index (Phi) is 8.51. The van der Waals surface area contributed by atoms with Crippen LogP contribution in [0.25, 0.3) is 0 Å². The Balaban J connectivity index is 0.000000233. The molecule has 36 heavy (non-hydrogen) atoms. The van der Waals surface area contributed by atoms with E-state index in [2.05, 4.69) is 48.4 Å². The molecule has 4 aliphatic rings. The van der Waals surface area contributed by atoms with Crippen LogP contribution >= 0.6 is 15.9 Å². The molecule has 4 saturated carbocycles. The standard InChI is InChI=1S/C24H42O.C7H6BrNO2/c1-5-8-17(2)19-10-11-20-23(19,4)15-13-21-22(3)14-7-6-9-18(22)12-16-24(20,21)25;8-5-1-3-6(4-2-5)11-7(9)10/h17-21,25H,5-16H2,1-4H3;1-4H,(H2,9,10)/t17-,18?,19-,20-,21-,22+,23-,24-;/m1./s1. The minimum absolute atomic E-state index is 0.351. The van der Waals surface area contributed by atoms with E-state index in [1.54, 1.807) is 24.3 Å². The van der Waals surface area contributed by atoms with E-state index in [1.165, 1.54) is 70.6 Å². The van der Waals surface area contributed by atoms with E-state index in [9.17, 15) is 9.90 Å². The predicted octanol–water partition coefficient (Wildman–Crippen LogP) is 8.49. The third-order valence-corrected chi connectivity index (χ3v) is 11.7. The van der Waals surface area contributed by atoms with Crippen molar-refractivity contribution >= 4 is 22.0 Å². The van der Waals surface area contributed by atoms with Crippen LogP contribution in [0, 0.1) is 40.4 Å². The van der Waals surface area contributed by atoms with Gasteiger partial charge >= 0.3 is 6.09 Å². The summed E-state index contributed by atoms with van der Waals surface area (Å²) >= 11 is 3.24. The van der Waals surface area contributed by atoms with E-state index in [0.29, 0.717) is 28.4 Å². The largest absolute Gasteiger partial charge is 0.411 e. The summed E-state index contributed by atoms with van der Waals surface area (Å²) in [5.41, 5.74) is 5.27. The number of aliphatic hydroxyl groups is 1. The van der Waals surface area contributed by atoms with Gasteiger partial charge in [-0.05, 0) is 116 Å². The van der Waals surface area contributed by atoms with Crippen molar-refractivity contribution in [1.29, 1.82) is 0 Å². The van der Waals surface area contributed by atoms with Crippen molar-refractivity contribution in [3.8, 4) is 5.75 Å². The summed E-state index contributed by atoms with van der Waals surface area (Å²) in [5.74, 6) is 4.17. The van der Waals surface area contributed by atoms with Crippen molar-refractivity contribution in [2.45, 2.75) is 110 Å². The zero-order valence-electron chi connectivity index (χ0n) is 22.9. The van der Waals surface area contributed by atoms with Crippen molar-refractivity contribution in [3.63, 3.8) is 0 Å². The summed E-state index contributed by atoms with van der Waals surface area (Å²) < 4.78 is 5.51. The molecule has 0 aliphatic heterocycles. The molecular weight excluding hydrogens is 514 g/mol. The van der Waals surface area contributed by atoms with Crippen LogP contribution in [0.3, 0.4) is 0 Å². The first-order valence-corrected chi connectivity index (χ1v) is 15.3. The molecule has 5 rings (SSSR count). The van der Waals surface area contributed by atoms with Crippen LogP contribution in [0.4, 0.5) is 4.79 Å². The molecular formula is C31H48BrNO3. The van der Waals surface area contributed by atoms with Crippen molar-refractivity contribution in [2.24, 2.45) is 46.2 Å². The van der Waals surface area contributed by atoms with Crippen molar-refractivity contribution < 1.29 is 14.6 Å². The van der Waals surface area contributed by atoms with Crippen molar-refractivity contribution in [2.75, 3.05) is 0 Å². The Hall–Kier alpha value is -1.07. The molecule has 1 unspecified atom stereocenters. The van der Waals surface area contributed by atoms with Gasteiger partial charge in [0.05, 0.1) is 5.60 Å². The second-order valence-electron chi connectivity index (χ2n) is 13.0. The van der Waals surface area contributed by atoms with Gasteiger partial charge in [-0.3, -0.25) is 0 Å². The van der Waals surface area contributed by atoms with Crippen LogP contribution in [0.1, 0.15) is 105 Å². The Labute approximate surface area is 227 Å². The van der Waals surface area contributed by atoms with Gasteiger partial charge in [0.25, 0.3) is 0 Å². The summed E-state index contributed by atoms with van der Waals surface area (Å²) in [6.07, 6.45) is 15.3. The summed E-state index contributed by atoms with van der Waals surface area (Å²) in [6.45, 7) is 9.98. The summed E-state index contributed by atoms with van der Waals surface area (Å²) in [4.78, 5) is 10.2. The Morgan fingerprint density at radius 1 is 1.03 bits per heavy atom. The van der Waals surface area contributed by atoms with Gasteiger partial charge in [0, 0.05) is 4.47 Å². The molecule has 5 heteroatoms. The maximum absolute atomic E-state index is 12.2. The lowest BCUT2D eigenvalue weighted by atomic mass is 9.42. The van der Waals surface area contributed by atoms with Crippen LogP contribution in [0.5, 0.6) is 5.75 Å². The molecule has 0 radical (unpaired) electrons. The fourth-order valence-electron chi connectivity index (χ4n) is 9.62. The fourth-order valence-corrected chi connectivity index (χ4v) is 9.88. The molecule has 0 aromatic heterocycles. The quantitative estimate of drug-likeness (QED) is 0.387. The lowest BCUT2D eigenvalue weighted by Gasteiger charge is -2.64. The van der Waals surface area contributed by atoms with Crippen LogP contribution < -0.4 is 10.5 Å². The van der Waals surface area contributed by atoms with Gasteiger partial charge in [-0.1, -0.05) is 69.3 Å². The normalized spacial score (nSPS) is 40.1. The SMILES string of the molecule is CCC[C@@H](C)[C@H]1CC[C@@H]2[C@]1(C)CC[C@H]1[C@@]2(O)CCC2CCCC[C@@]21C.NC(=O)Oc1ccc(Br)cc1. The first kappa shape index (κ1) is 28.0. The van der Waals surface area contributed by atoms with Gasteiger partial charge in [-0.25, -0.2) is 4.79 Å². The van der Waals surface area contributed by atoms with Crippen LogP contribution in [0.15, 0.2) is 28.7 Å². The predicted molar refractivity (Wildman–Crippen MR) is 150 cm³/mol. The zero-order chi connectivity index (χ0) is 26.1. The Morgan fingerprint density at radius 3 is 2.39 bits per heavy atom. The molecule has 0 saturated heterocycles. The highest BCUT2D eigenvalue weighted by molar-refractivity contribution is 9.10. The number of primary amides is 1. The second-order valence-corrected chi connectivity index (χ2v) is 13.9. The minimum Gasteiger partial charge on any atom is -0.411 e. The number of amides is 1. The van der Waals surface area contributed by atoms with Crippen molar-refractivity contribution in [1.82, 2.24) is 0 Å². The number of nitrogens with two attached hydrogens (primary N) is 1. The van der Waals surface area contributed by atoms with E-state index < -0.39 is 6.09 Å². The van der Waals surface area contributed by atoms with E-state index in [-0.39, 0.29) is 5.60 Å². The number of hydrogen-bond acceptors (Lipinski definition) is 3. The van der Waals surface area contributed by atoms with Gasteiger partial charge < -0.3 is 15.6 Å². The Bertz CT molecular complexity index is 906. The van der Waals surface area contributed by atoms with E-state index in [0.717, 1.165) is 28.6 Å². The lowest BCUT2D eigenvalue weighted by Crippen LogP contribution is -2.63. The van der Waals surface area contributed by atoms with Crippen molar-refractivity contribution in [3.05, 3.63) is 28.7 Å². The number of ether oxygens (including phenoxy) is 1. The maximum Gasteiger partial charge on any atom is 0.409 e. The molecule has 4 fully saturated rings. The summed E-state index contributed by atoms with van der Waals surface area (Å²) in [7, 11) is 0. The fraction of sp³-hybridized carbons (Fsp3) is 0.774. The topological polar surface area (TPSA) is 72.5 Å². The van der Waals surface area contributed by atoms with Gasteiger partial charge in [0.1, 0.15) is 5.75 Å². The molecule has 4 nitrogen and oxygen atoms in total. The summed E-state index contributed by atoms with van der Waals surface area (Å²) in [5, 5.41) is 12.2. The summed E-state index contributed by atoms with van der Waals surface area (Å²) in [6, 6.07) is 6.82. The van der Waals surface area contributed by atoms with Crippen LogP contribution in [0.2, 0.25) is 0 Å². The number of fused-ring (bicyclic) bond motifs is 5. The van der Waals surface area contributed by atoms with E-state index >= 15 is 0 Å². The first-order valence-electron chi connectivity index (χ1n) is 14.5. The number of benzene rings is 1. The molecule has 0 heterocycles. The number of carbonyl (C=O) groups excluding carboxylic acids is 1. The monoisotopic (exact) mass is 561 g/mol. The maximum atomic E-state index is 12.2. The minimum atomic E-state index is -0.799. The smallest absolute Gasteiger partial charge is 0.409 e. The molecule has 3 N–H and O–H groups in total. The van der Waals surface area contributed by atoms with E-state index in [1.807, 2.05) is 0 Å². The second kappa shape index (κ2) is 11.0. The third kappa shape index (κ3) is 5.13. The number of carbonyl (C=O) groups is 1. The molecule has 1 aromatic rings. The molecule has 202 valence electrons. The zero-order valence-corrected chi connectivity index (χ0v) is 24.5. The Morgan fingerprint density at radius 2 is 1.72 bits per heavy atom. The number of halogens is 1. The lowest BCUT2D eigenvalue weighted by molar-refractivity contribution is -0.222. The first-order chi connectivity index (χ1) is 17.0. The number of rotatable bonds is 4. The van der Waals surface area contributed by atoms with Gasteiger partial charge in [-0.15, -0.1) is 0 Å². The van der Waals surface area contributed by atoms with Gasteiger partial charge in [0.15, 0.2) is 0 Å².